The average molecular weight is 296 g/mol. The normalized spacial score (nSPS) is 11.6. The van der Waals surface area contributed by atoms with E-state index in [4.69, 9.17) is 4.42 Å². The van der Waals surface area contributed by atoms with Gasteiger partial charge in [0, 0.05) is 28.0 Å². The Morgan fingerprint density at radius 2 is 2.06 bits per heavy atom. The molecule has 1 aromatic heterocycles. The molecule has 0 spiro atoms. The molecule has 3 heteroatoms. The Hall–Kier alpha value is -0.800. The largest absolute Gasteiger partial charge is 0.464 e. The van der Waals surface area contributed by atoms with Crippen LogP contribution in [0, 0.1) is 13.8 Å². The Morgan fingerprint density at radius 3 is 2.71 bits per heavy atom. The highest BCUT2D eigenvalue weighted by Crippen LogP contribution is 2.32. The van der Waals surface area contributed by atoms with Crippen molar-refractivity contribution in [2.75, 3.05) is 0 Å². The number of rotatable bonds is 3. The Balaban J connectivity index is 2.48. The van der Waals surface area contributed by atoms with E-state index in [1.807, 2.05) is 6.26 Å². The maximum atomic E-state index is 5.64. The Morgan fingerprint density at radius 1 is 1.35 bits per heavy atom. The summed E-state index contributed by atoms with van der Waals surface area (Å²) in [6.07, 6.45) is 1.86. The summed E-state index contributed by atoms with van der Waals surface area (Å²) in [6.45, 7) is 9.37. The molecule has 2 aromatic rings. The number of furan rings is 1. The number of hydrogen-bond donors (Lipinski definition) is 1. The Kier molecular flexibility index (Phi) is 3.59. The molecule has 2 rings (SSSR count). The highest BCUT2D eigenvalue weighted by atomic mass is 79.9. The zero-order valence-electron chi connectivity index (χ0n) is 10.7. The lowest BCUT2D eigenvalue weighted by Gasteiger charge is -2.08. The summed E-state index contributed by atoms with van der Waals surface area (Å²) >= 11 is 3.64. The predicted molar refractivity (Wildman–Crippen MR) is 75.4 cm³/mol. The highest BCUT2D eigenvalue weighted by Gasteiger charge is 2.12. The van der Waals surface area contributed by atoms with Gasteiger partial charge in [0.1, 0.15) is 5.58 Å². The van der Waals surface area contributed by atoms with Gasteiger partial charge >= 0.3 is 0 Å². The molecule has 0 aliphatic rings. The minimum Gasteiger partial charge on any atom is -0.464 e. The number of fused-ring (bicyclic) bond motifs is 1. The van der Waals surface area contributed by atoms with Gasteiger partial charge in [0.05, 0.1) is 6.26 Å². The van der Waals surface area contributed by atoms with E-state index < -0.39 is 0 Å². The average Bonchev–Trinajstić information content (AvgIpc) is 2.66. The van der Waals surface area contributed by atoms with Crippen molar-refractivity contribution in [2.24, 2.45) is 0 Å². The maximum absolute atomic E-state index is 5.64. The van der Waals surface area contributed by atoms with Gasteiger partial charge < -0.3 is 9.73 Å². The second kappa shape index (κ2) is 4.83. The van der Waals surface area contributed by atoms with Crippen molar-refractivity contribution in [3.05, 3.63) is 33.5 Å². The molecular weight excluding hydrogens is 278 g/mol. The standard InChI is InChI=1S/C14H18BrNO/c1-8(2)16-6-11-7-17-12-5-9(3)14(15)10(4)13(11)12/h5,7-8,16H,6H2,1-4H3. The maximum Gasteiger partial charge on any atom is 0.134 e. The van der Waals surface area contributed by atoms with Gasteiger partial charge in [-0.05, 0) is 31.0 Å². The number of nitrogens with one attached hydrogen (secondary N) is 1. The third-order valence-corrected chi connectivity index (χ3v) is 4.21. The number of hydrogen-bond acceptors (Lipinski definition) is 2. The second-order valence-electron chi connectivity index (χ2n) is 4.80. The molecule has 0 saturated carbocycles. The fourth-order valence-corrected chi connectivity index (χ4v) is 2.36. The van der Waals surface area contributed by atoms with Crippen molar-refractivity contribution in [1.29, 1.82) is 0 Å². The van der Waals surface area contributed by atoms with E-state index in [1.165, 1.54) is 26.5 Å². The van der Waals surface area contributed by atoms with E-state index in [1.54, 1.807) is 0 Å². The van der Waals surface area contributed by atoms with Crippen LogP contribution in [0.5, 0.6) is 0 Å². The molecule has 1 aromatic carbocycles. The molecule has 0 aliphatic heterocycles. The van der Waals surface area contributed by atoms with Crippen LogP contribution in [0.1, 0.15) is 30.5 Å². The first-order valence-corrected chi connectivity index (χ1v) is 6.69. The fourth-order valence-electron chi connectivity index (χ4n) is 2.05. The Labute approximate surface area is 111 Å². The Bertz CT molecular complexity index is 543. The first-order valence-electron chi connectivity index (χ1n) is 5.90. The summed E-state index contributed by atoms with van der Waals surface area (Å²) in [5.41, 5.74) is 4.68. The quantitative estimate of drug-likeness (QED) is 0.913. The van der Waals surface area contributed by atoms with Gasteiger partial charge in [-0.3, -0.25) is 0 Å². The van der Waals surface area contributed by atoms with E-state index in [9.17, 15) is 0 Å². The van der Waals surface area contributed by atoms with Crippen LogP contribution in [-0.2, 0) is 6.54 Å². The van der Waals surface area contributed by atoms with E-state index in [2.05, 4.69) is 55.0 Å². The van der Waals surface area contributed by atoms with Gasteiger partial charge in [-0.2, -0.15) is 0 Å². The molecule has 1 N–H and O–H groups in total. The summed E-state index contributed by atoms with van der Waals surface area (Å²) in [7, 11) is 0. The van der Waals surface area contributed by atoms with Crippen LogP contribution >= 0.6 is 15.9 Å². The molecule has 0 radical (unpaired) electrons. The lowest BCUT2D eigenvalue weighted by Crippen LogP contribution is -2.21. The van der Waals surface area contributed by atoms with Crippen LogP contribution in [0.15, 0.2) is 21.2 Å². The second-order valence-corrected chi connectivity index (χ2v) is 5.60. The van der Waals surface area contributed by atoms with Gasteiger partial charge in [-0.15, -0.1) is 0 Å². The smallest absolute Gasteiger partial charge is 0.134 e. The summed E-state index contributed by atoms with van der Waals surface area (Å²) in [4.78, 5) is 0. The van der Waals surface area contributed by atoms with Crippen LogP contribution in [0.4, 0.5) is 0 Å². The van der Waals surface area contributed by atoms with Crippen LogP contribution in [0.2, 0.25) is 0 Å². The summed E-state index contributed by atoms with van der Waals surface area (Å²) in [5, 5.41) is 4.66. The minimum atomic E-state index is 0.481. The zero-order valence-corrected chi connectivity index (χ0v) is 12.3. The van der Waals surface area contributed by atoms with Crippen LogP contribution < -0.4 is 5.32 Å². The van der Waals surface area contributed by atoms with Crippen molar-refractivity contribution in [2.45, 2.75) is 40.3 Å². The molecule has 1 heterocycles. The lowest BCUT2D eigenvalue weighted by molar-refractivity contribution is 0.572. The minimum absolute atomic E-state index is 0.481. The van der Waals surface area contributed by atoms with Gasteiger partial charge in [-0.25, -0.2) is 0 Å². The van der Waals surface area contributed by atoms with E-state index in [0.29, 0.717) is 6.04 Å². The molecule has 92 valence electrons. The summed E-state index contributed by atoms with van der Waals surface area (Å²) in [5.74, 6) is 0. The number of aryl methyl sites for hydroxylation is 2. The summed E-state index contributed by atoms with van der Waals surface area (Å²) < 4.78 is 6.82. The van der Waals surface area contributed by atoms with Crippen molar-refractivity contribution in [1.82, 2.24) is 5.32 Å². The van der Waals surface area contributed by atoms with Crippen LogP contribution in [0.3, 0.4) is 0 Å². The van der Waals surface area contributed by atoms with E-state index >= 15 is 0 Å². The number of halogens is 1. The van der Waals surface area contributed by atoms with Crippen LogP contribution in [-0.4, -0.2) is 6.04 Å². The SMILES string of the molecule is Cc1cc2occ(CNC(C)C)c2c(C)c1Br. The molecule has 0 atom stereocenters. The predicted octanol–water partition coefficient (Wildman–Crippen LogP) is 4.31. The van der Waals surface area contributed by atoms with Gasteiger partial charge in [0.15, 0.2) is 0 Å². The van der Waals surface area contributed by atoms with E-state index in [0.717, 1.165) is 12.1 Å². The van der Waals surface area contributed by atoms with Crippen molar-refractivity contribution < 1.29 is 4.42 Å². The van der Waals surface area contributed by atoms with Crippen molar-refractivity contribution in [3.8, 4) is 0 Å². The number of benzene rings is 1. The van der Waals surface area contributed by atoms with E-state index in [-0.39, 0.29) is 0 Å². The highest BCUT2D eigenvalue weighted by molar-refractivity contribution is 9.10. The molecule has 2 nitrogen and oxygen atoms in total. The third kappa shape index (κ3) is 2.40. The molecule has 17 heavy (non-hydrogen) atoms. The van der Waals surface area contributed by atoms with Gasteiger partial charge in [0.25, 0.3) is 0 Å². The fraction of sp³-hybridized carbons (Fsp3) is 0.429. The zero-order chi connectivity index (χ0) is 12.6. The molecule has 0 bridgehead atoms. The lowest BCUT2D eigenvalue weighted by atomic mass is 10.0. The molecule has 0 unspecified atom stereocenters. The summed E-state index contributed by atoms with van der Waals surface area (Å²) in [6, 6.07) is 2.57. The monoisotopic (exact) mass is 295 g/mol. The van der Waals surface area contributed by atoms with Gasteiger partial charge in [-0.1, -0.05) is 29.8 Å². The molecular formula is C14H18BrNO. The topological polar surface area (TPSA) is 25.2 Å². The molecule has 0 fully saturated rings. The van der Waals surface area contributed by atoms with Crippen LogP contribution in [0.25, 0.3) is 11.0 Å². The van der Waals surface area contributed by atoms with Gasteiger partial charge in [0.2, 0.25) is 0 Å². The van der Waals surface area contributed by atoms with Crippen molar-refractivity contribution >= 4 is 26.9 Å². The third-order valence-electron chi connectivity index (χ3n) is 2.99. The first-order chi connectivity index (χ1) is 8.00. The molecule has 0 aliphatic carbocycles. The molecule has 0 saturated heterocycles. The molecule has 0 amide bonds. The first kappa shape index (κ1) is 12.7. The van der Waals surface area contributed by atoms with Crippen molar-refractivity contribution in [3.63, 3.8) is 0 Å².